The SMILES string of the molecule is Cc1nn(C)cc1-c1noc(CC(C)C)c1C(=O)O. The molecule has 0 spiro atoms. The van der Waals surface area contributed by atoms with Crippen molar-refractivity contribution in [2.45, 2.75) is 27.2 Å². The molecule has 6 nitrogen and oxygen atoms in total. The van der Waals surface area contributed by atoms with Crippen LogP contribution >= 0.6 is 0 Å². The minimum absolute atomic E-state index is 0.143. The zero-order valence-electron chi connectivity index (χ0n) is 11.5. The van der Waals surface area contributed by atoms with Crippen LogP contribution in [0.4, 0.5) is 0 Å². The van der Waals surface area contributed by atoms with Crippen LogP contribution < -0.4 is 0 Å². The van der Waals surface area contributed by atoms with E-state index in [0.29, 0.717) is 29.4 Å². The Morgan fingerprint density at radius 2 is 2.21 bits per heavy atom. The summed E-state index contributed by atoms with van der Waals surface area (Å²) in [5, 5.41) is 17.5. The molecule has 0 saturated heterocycles. The summed E-state index contributed by atoms with van der Waals surface area (Å²) >= 11 is 0. The highest BCUT2D eigenvalue weighted by molar-refractivity contribution is 5.96. The van der Waals surface area contributed by atoms with Crippen LogP contribution in [0.25, 0.3) is 11.3 Å². The van der Waals surface area contributed by atoms with Crippen LogP contribution in [0.15, 0.2) is 10.7 Å². The fourth-order valence-corrected chi connectivity index (χ4v) is 2.07. The van der Waals surface area contributed by atoms with E-state index < -0.39 is 5.97 Å². The van der Waals surface area contributed by atoms with Crippen LogP contribution in [0.1, 0.15) is 35.7 Å². The standard InChI is InChI=1S/C13H17N3O3/c1-7(2)5-10-11(13(17)18)12(15-19-10)9-6-16(4)14-8(9)3/h6-7H,5H2,1-4H3,(H,17,18). The van der Waals surface area contributed by atoms with Gasteiger partial charge in [0.1, 0.15) is 11.3 Å². The molecule has 0 bridgehead atoms. The van der Waals surface area contributed by atoms with E-state index in [2.05, 4.69) is 10.3 Å². The summed E-state index contributed by atoms with van der Waals surface area (Å²) in [7, 11) is 1.78. The molecule has 0 atom stereocenters. The lowest BCUT2D eigenvalue weighted by atomic mass is 10.0. The first kappa shape index (κ1) is 13.3. The van der Waals surface area contributed by atoms with Gasteiger partial charge >= 0.3 is 5.97 Å². The van der Waals surface area contributed by atoms with Gasteiger partial charge in [0.05, 0.1) is 5.69 Å². The normalized spacial score (nSPS) is 11.2. The Hall–Kier alpha value is -2.11. The van der Waals surface area contributed by atoms with Crippen LogP contribution in [0.2, 0.25) is 0 Å². The van der Waals surface area contributed by atoms with E-state index in [-0.39, 0.29) is 5.56 Å². The summed E-state index contributed by atoms with van der Waals surface area (Å²) < 4.78 is 6.85. The van der Waals surface area contributed by atoms with Crippen LogP contribution in [0.3, 0.4) is 0 Å². The fourth-order valence-electron chi connectivity index (χ4n) is 2.07. The smallest absolute Gasteiger partial charge is 0.341 e. The first-order valence-electron chi connectivity index (χ1n) is 6.12. The molecule has 0 aliphatic carbocycles. The lowest BCUT2D eigenvalue weighted by Gasteiger charge is -2.01. The maximum atomic E-state index is 11.4. The Labute approximate surface area is 111 Å². The molecule has 19 heavy (non-hydrogen) atoms. The van der Waals surface area contributed by atoms with Gasteiger partial charge < -0.3 is 9.63 Å². The molecule has 2 rings (SSSR count). The van der Waals surface area contributed by atoms with Gasteiger partial charge in [-0.15, -0.1) is 0 Å². The summed E-state index contributed by atoms with van der Waals surface area (Å²) in [4.78, 5) is 11.4. The van der Waals surface area contributed by atoms with E-state index in [0.717, 1.165) is 5.69 Å². The van der Waals surface area contributed by atoms with Crippen molar-refractivity contribution < 1.29 is 14.4 Å². The second-order valence-corrected chi connectivity index (χ2v) is 5.03. The predicted molar refractivity (Wildman–Crippen MR) is 68.9 cm³/mol. The quantitative estimate of drug-likeness (QED) is 0.915. The van der Waals surface area contributed by atoms with Gasteiger partial charge in [-0.25, -0.2) is 4.79 Å². The number of rotatable bonds is 4. The molecule has 0 unspecified atom stereocenters. The highest BCUT2D eigenvalue weighted by Crippen LogP contribution is 2.28. The van der Waals surface area contributed by atoms with Gasteiger partial charge in [-0.1, -0.05) is 19.0 Å². The van der Waals surface area contributed by atoms with Crippen LogP contribution in [-0.2, 0) is 13.5 Å². The number of aromatic nitrogens is 3. The fraction of sp³-hybridized carbons (Fsp3) is 0.462. The topological polar surface area (TPSA) is 81.2 Å². The number of hydrogen-bond acceptors (Lipinski definition) is 4. The average Bonchev–Trinajstić information content (AvgIpc) is 2.81. The van der Waals surface area contributed by atoms with Gasteiger partial charge in [-0.3, -0.25) is 4.68 Å². The molecular weight excluding hydrogens is 246 g/mol. The summed E-state index contributed by atoms with van der Waals surface area (Å²) in [6.07, 6.45) is 2.30. The minimum atomic E-state index is -1.02. The monoisotopic (exact) mass is 263 g/mol. The molecule has 1 N–H and O–H groups in total. The first-order valence-corrected chi connectivity index (χ1v) is 6.12. The Morgan fingerprint density at radius 1 is 1.53 bits per heavy atom. The van der Waals surface area contributed by atoms with E-state index >= 15 is 0 Å². The lowest BCUT2D eigenvalue weighted by Crippen LogP contribution is -2.04. The third-order valence-electron chi connectivity index (χ3n) is 2.84. The number of hydrogen-bond donors (Lipinski definition) is 1. The van der Waals surface area contributed by atoms with E-state index in [1.807, 2.05) is 20.8 Å². The van der Waals surface area contributed by atoms with Gasteiger partial charge in [0.2, 0.25) is 0 Å². The summed E-state index contributed by atoms with van der Waals surface area (Å²) in [5.41, 5.74) is 1.92. The van der Waals surface area contributed by atoms with Crippen LogP contribution in [0, 0.1) is 12.8 Å². The molecule has 0 amide bonds. The second-order valence-electron chi connectivity index (χ2n) is 5.03. The van der Waals surface area contributed by atoms with Crippen molar-refractivity contribution >= 4 is 5.97 Å². The van der Waals surface area contributed by atoms with E-state index in [9.17, 15) is 9.90 Å². The number of aryl methyl sites for hydroxylation is 2. The number of carboxylic acids is 1. The molecule has 0 fully saturated rings. The third kappa shape index (κ3) is 2.52. The lowest BCUT2D eigenvalue weighted by molar-refractivity contribution is 0.0695. The number of carboxylic acid groups (broad SMARTS) is 1. The van der Waals surface area contributed by atoms with Crippen molar-refractivity contribution in [3.05, 3.63) is 23.2 Å². The highest BCUT2D eigenvalue weighted by Gasteiger charge is 2.25. The number of aromatic carboxylic acids is 1. The van der Waals surface area contributed by atoms with Gasteiger partial charge in [-0.05, 0) is 12.8 Å². The molecule has 0 aromatic carbocycles. The van der Waals surface area contributed by atoms with E-state index in [1.54, 1.807) is 17.9 Å². The largest absolute Gasteiger partial charge is 0.477 e. The maximum absolute atomic E-state index is 11.4. The Bertz CT molecular complexity index is 611. The second kappa shape index (κ2) is 4.87. The molecule has 2 aromatic rings. The van der Waals surface area contributed by atoms with Crippen molar-refractivity contribution in [3.8, 4) is 11.3 Å². The third-order valence-corrected chi connectivity index (χ3v) is 2.84. The molecule has 0 aliphatic heterocycles. The molecule has 0 aliphatic rings. The summed E-state index contributed by atoms with van der Waals surface area (Å²) in [6, 6.07) is 0. The zero-order valence-corrected chi connectivity index (χ0v) is 11.5. The van der Waals surface area contributed by atoms with Crippen molar-refractivity contribution in [1.82, 2.24) is 14.9 Å². The molecule has 102 valence electrons. The molecule has 2 heterocycles. The van der Waals surface area contributed by atoms with Crippen LogP contribution in [-0.4, -0.2) is 26.0 Å². The predicted octanol–water partition coefficient (Wildman–Crippen LogP) is 2.28. The van der Waals surface area contributed by atoms with Crippen molar-refractivity contribution in [3.63, 3.8) is 0 Å². The van der Waals surface area contributed by atoms with Gasteiger partial charge in [-0.2, -0.15) is 5.10 Å². The van der Waals surface area contributed by atoms with Crippen LogP contribution in [0.5, 0.6) is 0 Å². The number of carbonyl (C=O) groups is 1. The Balaban J connectivity index is 2.55. The Morgan fingerprint density at radius 3 is 2.68 bits per heavy atom. The van der Waals surface area contributed by atoms with E-state index in [1.165, 1.54) is 0 Å². The molecular formula is C13H17N3O3. The van der Waals surface area contributed by atoms with Gasteiger partial charge in [0.15, 0.2) is 5.76 Å². The van der Waals surface area contributed by atoms with Gasteiger partial charge in [0, 0.05) is 25.2 Å². The first-order chi connectivity index (χ1) is 8.90. The number of nitrogens with zero attached hydrogens (tertiary/aromatic N) is 3. The molecule has 0 radical (unpaired) electrons. The van der Waals surface area contributed by atoms with Crippen molar-refractivity contribution in [1.29, 1.82) is 0 Å². The maximum Gasteiger partial charge on any atom is 0.341 e. The summed E-state index contributed by atoms with van der Waals surface area (Å²) in [6.45, 7) is 5.82. The molecule has 2 aromatic heterocycles. The molecule has 0 saturated carbocycles. The van der Waals surface area contributed by atoms with Crippen molar-refractivity contribution in [2.24, 2.45) is 13.0 Å². The highest BCUT2D eigenvalue weighted by atomic mass is 16.5. The minimum Gasteiger partial charge on any atom is -0.477 e. The van der Waals surface area contributed by atoms with E-state index in [4.69, 9.17) is 4.52 Å². The van der Waals surface area contributed by atoms with Gasteiger partial charge in [0.25, 0.3) is 0 Å². The zero-order chi connectivity index (χ0) is 14.2. The average molecular weight is 263 g/mol. The van der Waals surface area contributed by atoms with Crippen molar-refractivity contribution in [2.75, 3.05) is 0 Å². The summed E-state index contributed by atoms with van der Waals surface area (Å²) in [5.74, 6) is -0.301. The molecule has 6 heteroatoms. The Kier molecular flexibility index (Phi) is 3.42.